The molecule has 0 heterocycles. The molecule has 0 bridgehead atoms. The van der Waals surface area contributed by atoms with E-state index in [1.807, 2.05) is 0 Å². The summed E-state index contributed by atoms with van der Waals surface area (Å²) in [6.07, 6.45) is 0.0560. The lowest BCUT2D eigenvalue weighted by atomic mass is 10.0. The van der Waals surface area contributed by atoms with E-state index in [9.17, 15) is 24.6 Å². The third-order valence-corrected chi connectivity index (χ3v) is 3.77. The molecule has 0 spiro atoms. The van der Waals surface area contributed by atoms with Crippen LogP contribution in [0.25, 0.3) is 0 Å². The van der Waals surface area contributed by atoms with Crippen molar-refractivity contribution in [2.24, 2.45) is 11.7 Å². The molecule has 0 aliphatic rings. The van der Waals surface area contributed by atoms with Gasteiger partial charge in [0, 0.05) is 6.42 Å². The Labute approximate surface area is 151 Å². The predicted molar refractivity (Wildman–Crippen MR) is 93.2 cm³/mol. The maximum Gasteiger partial charge on any atom is 0.326 e. The molecule has 0 aliphatic carbocycles. The van der Waals surface area contributed by atoms with Gasteiger partial charge in [-0.25, -0.2) is 4.79 Å². The van der Waals surface area contributed by atoms with Gasteiger partial charge in [-0.3, -0.25) is 9.59 Å². The van der Waals surface area contributed by atoms with Gasteiger partial charge in [0.15, 0.2) is 0 Å². The number of carbonyl (C=O) groups excluding carboxylic acids is 2. The van der Waals surface area contributed by atoms with Crippen molar-refractivity contribution in [2.45, 2.75) is 38.4 Å². The van der Waals surface area contributed by atoms with E-state index >= 15 is 0 Å². The number of rotatable bonds is 9. The van der Waals surface area contributed by atoms with Gasteiger partial charge in [0.1, 0.15) is 23.9 Å². The average molecular weight is 367 g/mol. The van der Waals surface area contributed by atoms with Gasteiger partial charge in [-0.05, 0) is 23.6 Å². The predicted octanol–water partition coefficient (Wildman–Crippen LogP) is -1.04. The van der Waals surface area contributed by atoms with Gasteiger partial charge in [-0.1, -0.05) is 26.0 Å². The first-order chi connectivity index (χ1) is 12.1. The van der Waals surface area contributed by atoms with Crippen LogP contribution in [-0.2, 0) is 20.8 Å². The molecular weight excluding hydrogens is 342 g/mol. The van der Waals surface area contributed by atoms with Crippen molar-refractivity contribution < 1.29 is 29.7 Å². The minimum Gasteiger partial charge on any atom is -0.508 e. The SMILES string of the molecule is CC(C)C(NC(=O)C(Cc1ccc(O)cc1)NC(=O)C(N)CO)C(=O)O. The van der Waals surface area contributed by atoms with Crippen LogP contribution in [0.3, 0.4) is 0 Å². The summed E-state index contributed by atoms with van der Waals surface area (Å²) in [7, 11) is 0. The van der Waals surface area contributed by atoms with Crippen molar-refractivity contribution in [1.29, 1.82) is 0 Å². The van der Waals surface area contributed by atoms with Crippen molar-refractivity contribution >= 4 is 17.8 Å². The standard InChI is InChI=1S/C17H25N3O6/c1-9(2)14(17(25)26)20-16(24)13(19-15(23)12(18)8-21)7-10-3-5-11(22)6-4-10/h3-6,9,12-14,21-22H,7-8,18H2,1-2H3,(H,19,23)(H,20,24)(H,25,26). The topological polar surface area (TPSA) is 162 Å². The summed E-state index contributed by atoms with van der Waals surface area (Å²) in [5, 5.41) is 32.4. The molecule has 7 N–H and O–H groups in total. The zero-order chi connectivity index (χ0) is 19.9. The Balaban J connectivity index is 2.97. The van der Waals surface area contributed by atoms with Gasteiger partial charge in [0.2, 0.25) is 11.8 Å². The number of hydrogen-bond donors (Lipinski definition) is 6. The molecule has 0 saturated carbocycles. The molecule has 0 radical (unpaired) electrons. The smallest absolute Gasteiger partial charge is 0.326 e. The van der Waals surface area contributed by atoms with Crippen molar-refractivity contribution in [3.05, 3.63) is 29.8 Å². The van der Waals surface area contributed by atoms with Gasteiger partial charge < -0.3 is 31.7 Å². The van der Waals surface area contributed by atoms with Crippen molar-refractivity contribution in [2.75, 3.05) is 6.61 Å². The van der Waals surface area contributed by atoms with Gasteiger partial charge in [0.25, 0.3) is 0 Å². The number of hydrogen-bond acceptors (Lipinski definition) is 6. The van der Waals surface area contributed by atoms with Crippen molar-refractivity contribution in [1.82, 2.24) is 10.6 Å². The lowest BCUT2D eigenvalue weighted by Crippen LogP contribution is -2.56. The number of aromatic hydroxyl groups is 1. The summed E-state index contributed by atoms with van der Waals surface area (Å²) in [6.45, 7) is 2.70. The van der Waals surface area contributed by atoms with E-state index in [1.165, 1.54) is 12.1 Å². The third-order valence-electron chi connectivity index (χ3n) is 3.77. The van der Waals surface area contributed by atoms with Crippen LogP contribution < -0.4 is 16.4 Å². The Hall–Kier alpha value is -2.65. The van der Waals surface area contributed by atoms with Crippen molar-refractivity contribution in [3.63, 3.8) is 0 Å². The van der Waals surface area contributed by atoms with Crippen molar-refractivity contribution in [3.8, 4) is 5.75 Å². The molecule has 0 saturated heterocycles. The Kier molecular flexibility index (Phi) is 8.01. The summed E-state index contributed by atoms with van der Waals surface area (Å²) in [5.74, 6) is -2.91. The monoisotopic (exact) mass is 367 g/mol. The number of nitrogens with one attached hydrogen (secondary N) is 2. The highest BCUT2D eigenvalue weighted by atomic mass is 16.4. The Morgan fingerprint density at radius 1 is 1.08 bits per heavy atom. The first-order valence-electron chi connectivity index (χ1n) is 8.13. The first-order valence-corrected chi connectivity index (χ1v) is 8.13. The van der Waals surface area contributed by atoms with Gasteiger partial charge in [-0.15, -0.1) is 0 Å². The van der Waals surface area contributed by atoms with E-state index in [2.05, 4.69) is 10.6 Å². The number of phenols is 1. The Morgan fingerprint density at radius 2 is 1.65 bits per heavy atom. The highest BCUT2D eigenvalue weighted by Crippen LogP contribution is 2.12. The molecule has 1 aromatic carbocycles. The molecule has 3 unspecified atom stereocenters. The second-order valence-electron chi connectivity index (χ2n) is 6.29. The lowest BCUT2D eigenvalue weighted by molar-refractivity contribution is -0.143. The number of nitrogens with two attached hydrogens (primary N) is 1. The van der Waals surface area contributed by atoms with E-state index in [0.29, 0.717) is 5.56 Å². The number of aliphatic carboxylic acids is 1. The fourth-order valence-electron chi connectivity index (χ4n) is 2.21. The van der Waals surface area contributed by atoms with Crippen LogP contribution in [0, 0.1) is 5.92 Å². The third kappa shape index (κ3) is 6.34. The highest BCUT2D eigenvalue weighted by Gasteiger charge is 2.29. The Bertz CT molecular complexity index is 632. The second kappa shape index (κ2) is 9.73. The number of aliphatic hydroxyl groups is 1. The second-order valence-corrected chi connectivity index (χ2v) is 6.29. The fourth-order valence-corrected chi connectivity index (χ4v) is 2.21. The number of carboxylic acid groups (broad SMARTS) is 1. The number of amides is 2. The van der Waals surface area contributed by atoms with Crippen LogP contribution in [-0.4, -0.2) is 57.8 Å². The highest BCUT2D eigenvalue weighted by molar-refractivity contribution is 5.92. The van der Waals surface area contributed by atoms with E-state index < -0.39 is 42.5 Å². The van der Waals surface area contributed by atoms with Gasteiger partial charge >= 0.3 is 5.97 Å². The quantitative estimate of drug-likeness (QED) is 0.325. The summed E-state index contributed by atoms with van der Waals surface area (Å²) >= 11 is 0. The Morgan fingerprint density at radius 3 is 2.12 bits per heavy atom. The maximum atomic E-state index is 12.5. The molecule has 144 valence electrons. The number of phenolic OH excluding ortho intramolecular Hbond substituents is 1. The summed E-state index contributed by atoms with van der Waals surface area (Å²) < 4.78 is 0. The first kappa shape index (κ1) is 21.4. The van der Waals surface area contributed by atoms with Crippen LogP contribution in [0.2, 0.25) is 0 Å². The molecule has 3 atom stereocenters. The van der Waals surface area contributed by atoms with Crippen LogP contribution >= 0.6 is 0 Å². The number of carbonyl (C=O) groups is 3. The van der Waals surface area contributed by atoms with Crippen LogP contribution in [0.1, 0.15) is 19.4 Å². The summed E-state index contributed by atoms with van der Waals surface area (Å²) in [5.41, 5.74) is 6.09. The fraction of sp³-hybridized carbons (Fsp3) is 0.471. The van der Waals surface area contributed by atoms with Crippen LogP contribution in [0.15, 0.2) is 24.3 Å². The van der Waals surface area contributed by atoms with E-state index in [0.717, 1.165) is 0 Å². The molecule has 1 aromatic rings. The zero-order valence-corrected chi connectivity index (χ0v) is 14.7. The molecule has 2 amide bonds. The van der Waals surface area contributed by atoms with Crippen LogP contribution in [0.4, 0.5) is 0 Å². The number of aliphatic hydroxyl groups excluding tert-OH is 1. The van der Waals surface area contributed by atoms with Gasteiger partial charge in [-0.2, -0.15) is 0 Å². The average Bonchev–Trinajstić information content (AvgIpc) is 2.59. The number of benzene rings is 1. The number of carboxylic acids is 1. The molecule has 1 rings (SSSR count). The molecule has 0 aromatic heterocycles. The molecule has 9 nitrogen and oxygen atoms in total. The van der Waals surface area contributed by atoms with E-state index in [1.54, 1.807) is 26.0 Å². The molecule has 0 fully saturated rings. The minimum atomic E-state index is -1.20. The summed E-state index contributed by atoms with van der Waals surface area (Å²) in [6, 6.07) is 2.60. The molecule has 9 heteroatoms. The largest absolute Gasteiger partial charge is 0.508 e. The lowest BCUT2D eigenvalue weighted by Gasteiger charge is -2.24. The van der Waals surface area contributed by atoms with Gasteiger partial charge in [0.05, 0.1) is 6.61 Å². The zero-order valence-electron chi connectivity index (χ0n) is 14.7. The van der Waals surface area contributed by atoms with E-state index in [4.69, 9.17) is 10.8 Å². The van der Waals surface area contributed by atoms with E-state index in [-0.39, 0.29) is 18.1 Å². The molecular formula is C17H25N3O6. The summed E-state index contributed by atoms with van der Waals surface area (Å²) in [4.78, 5) is 35.8. The van der Waals surface area contributed by atoms with Crippen LogP contribution in [0.5, 0.6) is 5.75 Å². The normalized spacial score (nSPS) is 14.3. The maximum absolute atomic E-state index is 12.5. The molecule has 26 heavy (non-hydrogen) atoms. The minimum absolute atomic E-state index is 0.0480. The molecule has 0 aliphatic heterocycles.